The summed E-state index contributed by atoms with van der Waals surface area (Å²) in [5.74, 6) is 0.218. The second-order valence-electron chi connectivity index (χ2n) is 6.38. The van der Waals surface area contributed by atoms with Crippen molar-refractivity contribution in [3.8, 4) is 0 Å². The van der Waals surface area contributed by atoms with E-state index in [1.807, 2.05) is 4.90 Å². The van der Waals surface area contributed by atoms with Gasteiger partial charge in [0.25, 0.3) is 0 Å². The maximum atomic E-state index is 12.4. The van der Waals surface area contributed by atoms with Crippen molar-refractivity contribution >= 4 is 5.91 Å². The highest BCUT2D eigenvalue weighted by atomic mass is 16.5. The molecule has 1 fully saturated rings. The Labute approximate surface area is 117 Å². The zero-order valence-corrected chi connectivity index (χ0v) is 12.8. The van der Waals surface area contributed by atoms with Crippen molar-refractivity contribution in [1.82, 2.24) is 4.90 Å². The molecule has 1 unspecified atom stereocenters. The van der Waals surface area contributed by atoms with Gasteiger partial charge in [-0.25, -0.2) is 0 Å². The summed E-state index contributed by atoms with van der Waals surface area (Å²) in [6.07, 6.45) is 4.97. The van der Waals surface area contributed by atoms with Crippen LogP contribution >= 0.6 is 0 Å². The van der Waals surface area contributed by atoms with Crippen LogP contribution in [0.1, 0.15) is 52.9 Å². The lowest BCUT2D eigenvalue weighted by atomic mass is 9.92. The van der Waals surface area contributed by atoms with Crippen LogP contribution in [0.2, 0.25) is 0 Å². The predicted molar refractivity (Wildman–Crippen MR) is 77.9 cm³/mol. The zero-order valence-electron chi connectivity index (χ0n) is 12.8. The van der Waals surface area contributed by atoms with E-state index in [1.54, 1.807) is 0 Å². The number of nitrogens with two attached hydrogens (primary N) is 1. The summed E-state index contributed by atoms with van der Waals surface area (Å²) in [5.41, 5.74) is 5.76. The van der Waals surface area contributed by atoms with Crippen molar-refractivity contribution in [2.75, 3.05) is 26.2 Å². The summed E-state index contributed by atoms with van der Waals surface area (Å²) >= 11 is 0. The number of carbonyl (C=O) groups is 1. The van der Waals surface area contributed by atoms with E-state index >= 15 is 0 Å². The van der Waals surface area contributed by atoms with Gasteiger partial charge in [0.15, 0.2) is 0 Å². The summed E-state index contributed by atoms with van der Waals surface area (Å²) in [4.78, 5) is 14.4. The molecule has 0 aromatic carbocycles. The first kappa shape index (κ1) is 16.4. The second-order valence-corrected chi connectivity index (χ2v) is 6.38. The van der Waals surface area contributed by atoms with Gasteiger partial charge in [0.1, 0.15) is 0 Å². The average molecular weight is 270 g/mol. The Morgan fingerprint density at radius 3 is 2.68 bits per heavy atom. The number of amides is 1. The summed E-state index contributed by atoms with van der Waals surface area (Å²) in [6, 6.07) is 0. The minimum atomic E-state index is -0.0156. The Hall–Kier alpha value is -0.610. The Morgan fingerprint density at radius 2 is 2.16 bits per heavy atom. The highest BCUT2D eigenvalue weighted by Gasteiger charge is 2.26. The van der Waals surface area contributed by atoms with Crippen molar-refractivity contribution < 1.29 is 9.53 Å². The highest BCUT2D eigenvalue weighted by Crippen LogP contribution is 2.19. The molecule has 4 heteroatoms. The largest absolute Gasteiger partial charge is 0.378 e. The van der Waals surface area contributed by atoms with Crippen LogP contribution in [0.25, 0.3) is 0 Å². The number of carbonyl (C=O) groups excluding carboxylic acids is 1. The lowest BCUT2D eigenvalue weighted by Crippen LogP contribution is -2.43. The van der Waals surface area contributed by atoms with Gasteiger partial charge < -0.3 is 15.4 Å². The third-order valence-electron chi connectivity index (χ3n) is 3.69. The van der Waals surface area contributed by atoms with E-state index in [2.05, 4.69) is 20.8 Å². The molecule has 0 aromatic heterocycles. The first-order chi connectivity index (χ1) is 8.98. The molecule has 4 nitrogen and oxygen atoms in total. The van der Waals surface area contributed by atoms with Gasteiger partial charge >= 0.3 is 0 Å². The van der Waals surface area contributed by atoms with Crippen LogP contribution in [0, 0.1) is 5.41 Å². The van der Waals surface area contributed by atoms with Crippen LogP contribution < -0.4 is 5.73 Å². The Bertz CT molecular complexity index is 273. The summed E-state index contributed by atoms with van der Waals surface area (Å²) in [6.45, 7) is 9.28. The van der Waals surface area contributed by atoms with Crippen molar-refractivity contribution in [3.05, 3.63) is 0 Å². The molecule has 1 saturated heterocycles. The van der Waals surface area contributed by atoms with Gasteiger partial charge in [0.05, 0.1) is 12.5 Å². The first-order valence-electron chi connectivity index (χ1n) is 7.58. The van der Waals surface area contributed by atoms with Gasteiger partial charge in [-0.2, -0.15) is 0 Å². The average Bonchev–Trinajstić information content (AvgIpc) is 2.39. The van der Waals surface area contributed by atoms with E-state index in [0.717, 1.165) is 39.0 Å². The number of hydrogen-bond acceptors (Lipinski definition) is 3. The van der Waals surface area contributed by atoms with Gasteiger partial charge in [-0.1, -0.05) is 20.8 Å². The molecule has 19 heavy (non-hydrogen) atoms. The number of nitrogens with zero attached hydrogens (tertiary/aromatic N) is 1. The predicted octanol–water partition coefficient (Wildman–Crippen LogP) is 2.17. The van der Waals surface area contributed by atoms with Crippen molar-refractivity contribution in [1.29, 1.82) is 0 Å². The molecule has 0 bridgehead atoms. The summed E-state index contributed by atoms with van der Waals surface area (Å²) in [7, 11) is 0. The molecular formula is C15H30N2O2. The molecule has 1 atom stereocenters. The van der Waals surface area contributed by atoms with Gasteiger partial charge in [-0.3, -0.25) is 4.79 Å². The normalized spacial score (nSPS) is 20.3. The van der Waals surface area contributed by atoms with Gasteiger partial charge in [0.2, 0.25) is 5.91 Å². The fourth-order valence-corrected chi connectivity index (χ4v) is 2.44. The molecule has 112 valence electrons. The van der Waals surface area contributed by atoms with E-state index in [1.165, 1.54) is 6.42 Å². The van der Waals surface area contributed by atoms with E-state index in [0.29, 0.717) is 13.0 Å². The lowest BCUT2D eigenvalue weighted by molar-refractivity contribution is -0.136. The fourth-order valence-electron chi connectivity index (χ4n) is 2.44. The summed E-state index contributed by atoms with van der Waals surface area (Å²) in [5, 5.41) is 0. The maximum absolute atomic E-state index is 12.4. The fraction of sp³-hybridized carbons (Fsp3) is 0.933. The van der Waals surface area contributed by atoms with E-state index in [9.17, 15) is 4.79 Å². The monoisotopic (exact) mass is 270 g/mol. The van der Waals surface area contributed by atoms with Crippen molar-refractivity contribution in [2.24, 2.45) is 11.1 Å². The van der Waals surface area contributed by atoms with Gasteiger partial charge in [-0.05, 0) is 37.6 Å². The molecule has 1 amide bonds. The molecule has 1 aliphatic rings. The molecule has 0 saturated carbocycles. The van der Waals surface area contributed by atoms with Crippen molar-refractivity contribution in [2.45, 2.75) is 59.0 Å². The third-order valence-corrected chi connectivity index (χ3v) is 3.69. The minimum Gasteiger partial charge on any atom is -0.378 e. The quantitative estimate of drug-likeness (QED) is 0.771. The molecule has 1 rings (SSSR count). The van der Waals surface area contributed by atoms with Crippen LogP contribution in [-0.2, 0) is 9.53 Å². The van der Waals surface area contributed by atoms with Crippen LogP contribution in [0.4, 0.5) is 0 Å². The number of hydrogen-bond donors (Lipinski definition) is 1. The smallest absolute Gasteiger partial charge is 0.225 e. The lowest BCUT2D eigenvalue weighted by Gasteiger charge is -2.33. The van der Waals surface area contributed by atoms with Gasteiger partial charge in [0, 0.05) is 19.7 Å². The van der Waals surface area contributed by atoms with Crippen LogP contribution in [0.3, 0.4) is 0 Å². The Kier molecular flexibility index (Phi) is 6.80. The molecule has 0 aliphatic carbocycles. The molecule has 0 spiro atoms. The first-order valence-corrected chi connectivity index (χ1v) is 7.58. The molecule has 1 aliphatic heterocycles. The SMILES string of the molecule is CCCN(CC(C)(C)CN)C(=O)CC1CCCCO1. The van der Waals surface area contributed by atoms with Crippen LogP contribution in [0.5, 0.6) is 0 Å². The Morgan fingerprint density at radius 1 is 1.42 bits per heavy atom. The van der Waals surface area contributed by atoms with Crippen molar-refractivity contribution in [3.63, 3.8) is 0 Å². The highest BCUT2D eigenvalue weighted by molar-refractivity contribution is 5.76. The van der Waals surface area contributed by atoms with E-state index in [4.69, 9.17) is 10.5 Å². The zero-order chi connectivity index (χ0) is 14.3. The Balaban J connectivity index is 2.51. The topological polar surface area (TPSA) is 55.6 Å². The number of rotatable bonds is 7. The molecular weight excluding hydrogens is 240 g/mol. The van der Waals surface area contributed by atoms with Crippen LogP contribution in [0.15, 0.2) is 0 Å². The van der Waals surface area contributed by atoms with Crippen LogP contribution in [-0.4, -0.2) is 43.2 Å². The summed E-state index contributed by atoms with van der Waals surface area (Å²) < 4.78 is 5.66. The third kappa shape index (κ3) is 5.91. The second kappa shape index (κ2) is 7.85. The van der Waals surface area contributed by atoms with Gasteiger partial charge in [-0.15, -0.1) is 0 Å². The van der Waals surface area contributed by atoms with E-state index < -0.39 is 0 Å². The van der Waals surface area contributed by atoms with E-state index in [-0.39, 0.29) is 17.4 Å². The molecule has 0 aromatic rings. The standard InChI is InChI=1S/C15H30N2O2/c1-4-8-17(12-15(2,3)11-16)14(18)10-13-7-5-6-9-19-13/h13H,4-12,16H2,1-3H3. The molecule has 1 heterocycles. The number of ether oxygens (including phenoxy) is 1. The minimum absolute atomic E-state index is 0.0156. The maximum Gasteiger partial charge on any atom is 0.225 e. The molecule has 0 radical (unpaired) electrons. The molecule has 2 N–H and O–H groups in total.